The maximum Gasteiger partial charge on any atom is 0.239 e. The summed E-state index contributed by atoms with van der Waals surface area (Å²) in [5, 5.41) is 0.963. The van der Waals surface area contributed by atoms with Crippen LogP contribution in [0.25, 0.3) is 10.2 Å². The summed E-state index contributed by atoms with van der Waals surface area (Å²) in [4.78, 5) is 21.7. The molecule has 0 spiro atoms. The van der Waals surface area contributed by atoms with Crippen LogP contribution < -0.4 is 5.73 Å². The number of hydrogen-bond donors (Lipinski definition) is 1. The Hall–Kier alpha value is -1.70. The van der Waals surface area contributed by atoms with Crippen LogP contribution in [0, 0.1) is 0 Å². The van der Waals surface area contributed by atoms with Crippen LogP contribution >= 0.6 is 36.2 Å². The fourth-order valence-electron chi connectivity index (χ4n) is 3.97. The van der Waals surface area contributed by atoms with Crippen molar-refractivity contribution >= 4 is 52.3 Å². The SMILES string of the molecule is CC(C(=O)N(C)Cc1nc2ccccc2s1)N1C[C@@H](N)[C@H](c2ccccc2)C1.Cl.Cl. The van der Waals surface area contributed by atoms with Gasteiger partial charge in [-0.15, -0.1) is 36.2 Å². The monoisotopic (exact) mass is 466 g/mol. The zero-order valence-electron chi connectivity index (χ0n) is 17.1. The molecule has 2 N–H and O–H groups in total. The molecule has 1 aliphatic rings. The van der Waals surface area contributed by atoms with Crippen molar-refractivity contribution in [3.05, 3.63) is 65.2 Å². The summed E-state index contributed by atoms with van der Waals surface area (Å²) in [5.74, 6) is 0.381. The van der Waals surface area contributed by atoms with Crippen LogP contribution in [-0.4, -0.2) is 52.9 Å². The van der Waals surface area contributed by atoms with Gasteiger partial charge in [-0.25, -0.2) is 4.98 Å². The fraction of sp³-hybridized carbons (Fsp3) is 0.364. The van der Waals surface area contributed by atoms with E-state index in [-0.39, 0.29) is 48.7 Å². The lowest BCUT2D eigenvalue weighted by atomic mass is 9.95. The summed E-state index contributed by atoms with van der Waals surface area (Å²) < 4.78 is 1.16. The van der Waals surface area contributed by atoms with Crippen molar-refractivity contribution in [3.63, 3.8) is 0 Å². The lowest BCUT2D eigenvalue weighted by Gasteiger charge is -2.27. The molecule has 0 saturated carbocycles. The molecule has 1 amide bonds. The second kappa shape index (κ2) is 10.6. The van der Waals surface area contributed by atoms with E-state index >= 15 is 0 Å². The zero-order valence-corrected chi connectivity index (χ0v) is 19.6. The number of likely N-dealkylation sites (tertiary alicyclic amines) is 1. The van der Waals surface area contributed by atoms with E-state index in [1.54, 1.807) is 16.2 Å². The summed E-state index contributed by atoms with van der Waals surface area (Å²) in [6.07, 6.45) is 0. The summed E-state index contributed by atoms with van der Waals surface area (Å²) >= 11 is 1.65. The molecule has 0 bridgehead atoms. The molecular weight excluding hydrogens is 439 g/mol. The number of carbonyl (C=O) groups excluding carboxylic acids is 1. The van der Waals surface area contributed by atoms with E-state index in [0.717, 1.165) is 28.3 Å². The van der Waals surface area contributed by atoms with Crippen molar-refractivity contribution in [3.8, 4) is 0 Å². The van der Waals surface area contributed by atoms with Gasteiger partial charge in [0.25, 0.3) is 0 Å². The average Bonchev–Trinajstić information content (AvgIpc) is 3.30. The van der Waals surface area contributed by atoms with Gasteiger partial charge in [0.2, 0.25) is 5.91 Å². The van der Waals surface area contributed by atoms with Gasteiger partial charge in [0, 0.05) is 32.1 Å². The van der Waals surface area contributed by atoms with Gasteiger partial charge in [0.15, 0.2) is 0 Å². The van der Waals surface area contributed by atoms with Crippen molar-refractivity contribution in [2.75, 3.05) is 20.1 Å². The second-order valence-electron chi connectivity index (χ2n) is 7.58. The van der Waals surface area contributed by atoms with Gasteiger partial charge < -0.3 is 10.6 Å². The number of carbonyl (C=O) groups is 1. The van der Waals surface area contributed by atoms with E-state index < -0.39 is 0 Å². The Kier molecular flexibility index (Phi) is 8.64. The minimum Gasteiger partial charge on any atom is -0.338 e. The van der Waals surface area contributed by atoms with E-state index in [4.69, 9.17) is 5.73 Å². The quantitative estimate of drug-likeness (QED) is 0.618. The number of amides is 1. The standard InChI is InChI=1S/C22H26N4OS.2ClH/c1-15(26-12-17(18(23)13-26)16-8-4-3-5-9-16)22(27)25(2)14-21-24-19-10-6-7-11-20(19)28-21;;/h3-11,15,17-18H,12-14,23H2,1-2H3;2*1H/t15?,17-,18+;;/m0../s1. The molecule has 2 heterocycles. The van der Waals surface area contributed by atoms with Crippen molar-refractivity contribution in [1.29, 1.82) is 0 Å². The molecule has 30 heavy (non-hydrogen) atoms. The Bertz CT molecular complexity index is 935. The third-order valence-corrected chi connectivity index (χ3v) is 6.63. The van der Waals surface area contributed by atoms with Crippen molar-refractivity contribution in [2.24, 2.45) is 5.73 Å². The van der Waals surface area contributed by atoms with E-state index in [2.05, 4.69) is 28.1 Å². The Morgan fingerprint density at radius 3 is 2.53 bits per heavy atom. The summed E-state index contributed by atoms with van der Waals surface area (Å²) in [6, 6.07) is 18.3. The number of halogens is 2. The molecule has 1 fully saturated rings. The van der Waals surface area contributed by atoms with Crippen LogP contribution in [0.1, 0.15) is 23.4 Å². The number of hydrogen-bond acceptors (Lipinski definition) is 5. The van der Waals surface area contributed by atoms with Gasteiger partial charge in [-0.2, -0.15) is 0 Å². The molecular formula is C22H28Cl2N4OS. The third kappa shape index (κ3) is 5.13. The van der Waals surface area contributed by atoms with Gasteiger partial charge in [-0.05, 0) is 24.6 Å². The lowest BCUT2D eigenvalue weighted by molar-refractivity contribution is -0.135. The molecule has 1 aromatic heterocycles. The first-order chi connectivity index (χ1) is 13.5. The predicted octanol–water partition coefficient (Wildman–Crippen LogP) is 3.91. The smallest absolute Gasteiger partial charge is 0.239 e. The molecule has 5 nitrogen and oxygen atoms in total. The molecule has 2 aromatic carbocycles. The van der Waals surface area contributed by atoms with Crippen LogP contribution in [0.2, 0.25) is 0 Å². The molecule has 1 unspecified atom stereocenters. The number of nitrogens with zero attached hydrogens (tertiary/aromatic N) is 3. The first kappa shape index (κ1) is 24.6. The van der Waals surface area contributed by atoms with Crippen LogP contribution in [0.15, 0.2) is 54.6 Å². The molecule has 1 aliphatic heterocycles. The Labute approximate surface area is 194 Å². The summed E-state index contributed by atoms with van der Waals surface area (Å²) in [7, 11) is 1.86. The predicted molar refractivity (Wildman–Crippen MR) is 129 cm³/mol. The number of likely N-dealkylation sites (N-methyl/N-ethyl adjacent to an activating group) is 1. The zero-order chi connectivity index (χ0) is 19.7. The number of nitrogens with two attached hydrogens (primary N) is 1. The van der Waals surface area contributed by atoms with Crippen LogP contribution in [-0.2, 0) is 11.3 Å². The second-order valence-corrected chi connectivity index (χ2v) is 8.70. The van der Waals surface area contributed by atoms with Gasteiger partial charge in [0.1, 0.15) is 5.01 Å². The molecule has 0 radical (unpaired) electrons. The highest BCUT2D eigenvalue weighted by molar-refractivity contribution is 7.18. The van der Waals surface area contributed by atoms with Crippen LogP contribution in [0.5, 0.6) is 0 Å². The Morgan fingerprint density at radius 2 is 1.83 bits per heavy atom. The van der Waals surface area contributed by atoms with Gasteiger partial charge >= 0.3 is 0 Å². The lowest BCUT2D eigenvalue weighted by Crippen LogP contribution is -2.45. The first-order valence-corrected chi connectivity index (χ1v) is 10.5. The topological polar surface area (TPSA) is 62.5 Å². The number of fused-ring (bicyclic) bond motifs is 1. The number of aromatic nitrogens is 1. The molecule has 162 valence electrons. The Morgan fingerprint density at radius 1 is 1.17 bits per heavy atom. The first-order valence-electron chi connectivity index (χ1n) is 9.67. The Balaban J connectivity index is 0.00000160. The summed E-state index contributed by atoms with van der Waals surface area (Å²) in [6.45, 7) is 4.07. The maximum atomic E-state index is 13.0. The summed E-state index contributed by atoms with van der Waals surface area (Å²) in [5.41, 5.74) is 8.65. The highest BCUT2D eigenvalue weighted by Crippen LogP contribution is 2.28. The van der Waals surface area contributed by atoms with E-state index in [9.17, 15) is 4.79 Å². The van der Waals surface area contributed by atoms with E-state index in [0.29, 0.717) is 6.54 Å². The number of thiazole rings is 1. The molecule has 1 saturated heterocycles. The van der Waals surface area contributed by atoms with E-state index in [1.807, 2.05) is 50.4 Å². The number of benzene rings is 2. The van der Waals surface area contributed by atoms with E-state index in [1.165, 1.54) is 5.56 Å². The third-order valence-electron chi connectivity index (χ3n) is 5.61. The molecule has 3 aromatic rings. The van der Waals surface area contributed by atoms with Gasteiger partial charge in [0.05, 0.1) is 22.8 Å². The minimum absolute atomic E-state index is 0. The van der Waals surface area contributed by atoms with Crippen LogP contribution in [0.4, 0.5) is 0 Å². The molecule has 4 rings (SSSR count). The minimum atomic E-state index is -0.195. The molecule has 0 aliphatic carbocycles. The molecule has 3 atom stereocenters. The maximum absolute atomic E-state index is 13.0. The van der Waals surface area contributed by atoms with Crippen LogP contribution in [0.3, 0.4) is 0 Å². The van der Waals surface area contributed by atoms with Crippen molar-refractivity contribution < 1.29 is 4.79 Å². The van der Waals surface area contributed by atoms with Gasteiger partial charge in [-0.3, -0.25) is 9.69 Å². The largest absolute Gasteiger partial charge is 0.338 e. The highest BCUT2D eigenvalue weighted by atomic mass is 35.5. The highest BCUT2D eigenvalue weighted by Gasteiger charge is 2.36. The fourth-order valence-corrected chi connectivity index (χ4v) is 4.99. The number of para-hydroxylation sites is 1. The van der Waals surface area contributed by atoms with Gasteiger partial charge in [-0.1, -0.05) is 42.5 Å². The van der Waals surface area contributed by atoms with Crippen molar-refractivity contribution in [2.45, 2.75) is 31.5 Å². The number of rotatable bonds is 5. The molecule has 8 heteroatoms. The average molecular weight is 467 g/mol. The van der Waals surface area contributed by atoms with Crippen molar-refractivity contribution in [1.82, 2.24) is 14.8 Å². The normalized spacial score (nSPS) is 19.7.